The predicted octanol–water partition coefficient (Wildman–Crippen LogP) is 3.56. The first-order valence-electron chi connectivity index (χ1n) is 6.84. The van der Waals surface area contributed by atoms with Crippen LogP contribution in [0.4, 0.5) is 0 Å². The van der Waals surface area contributed by atoms with Crippen LogP contribution in [0.1, 0.15) is 31.2 Å². The zero-order chi connectivity index (χ0) is 14.6. The fraction of sp³-hybridized carbons (Fsp3) is 0.533. The van der Waals surface area contributed by atoms with Gasteiger partial charge in [-0.05, 0) is 50.4 Å². The Labute approximate surface area is 129 Å². The molecule has 1 aliphatic carbocycles. The third kappa shape index (κ3) is 3.68. The van der Waals surface area contributed by atoms with Crippen LogP contribution < -0.4 is 5.32 Å². The standard InChI is InChI=1S/C15H20ClNO2S/c1-17-15(14(18)19)8-2-3-13(9-15)20-10-11-4-6-12(16)7-5-11/h4-7,13,17H,2-3,8-10H2,1H3,(H,18,19). The number of carboxylic acid groups (broad SMARTS) is 1. The third-order valence-electron chi connectivity index (χ3n) is 3.99. The molecule has 1 fully saturated rings. The van der Waals surface area contributed by atoms with Gasteiger partial charge in [-0.1, -0.05) is 23.7 Å². The molecule has 1 saturated carbocycles. The number of thioether (sulfide) groups is 1. The van der Waals surface area contributed by atoms with Gasteiger partial charge in [0, 0.05) is 16.0 Å². The number of hydrogen-bond donors (Lipinski definition) is 2. The number of rotatable bonds is 5. The van der Waals surface area contributed by atoms with E-state index >= 15 is 0 Å². The van der Waals surface area contributed by atoms with E-state index in [2.05, 4.69) is 5.32 Å². The van der Waals surface area contributed by atoms with Gasteiger partial charge in [-0.3, -0.25) is 4.79 Å². The molecule has 2 atom stereocenters. The average Bonchev–Trinajstić information content (AvgIpc) is 2.46. The van der Waals surface area contributed by atoms with Gasteiger partial charge in [0.2, 0.25) is 0 Å². The number of benzene rings is 1. The van der Waals surface area contributed by atoms with Crippen LogP contribution >= 0.6 is 23.4 Å². The van der Waals surface area contributed by atoms with Gasteiger partial charge in [-0.15, -0.1) is 0 Å². The molecule has 0 heterocycles. The maximum absolute atomic E-state index is 11.5. The first-order valence-corrected chi connectivity index (χ1v) is 8.27. The van der Waals surface area contributed by atoms with E-state index < -0.39 is 11.5 Å². The van der Waals surface area contributed by atoms with Crippen molar-refractivity contribution >= 4 is 29.3 Å². The molecule has 2 rings (SSSR count). The van der Waals surface area contributed by atoms with Crippen molar-refractivity contribution in [2.24, 2.45) is 0 Å². The van der Waals surface area contributed by atoms with Crippen LogP contribution in [0, 0.1) is 0 Å². The summed E-state index contributed by atoms with van der Waals surface area (Å²) in [4.78, 5) is 11.5. The van der Waals surface area contributed by atoms with E-state index in [9.17, 15) is 9.90 Å². The summed E-state index contributed by atoms with van der Waals surface area (Å²) in [5, 5.41) is 13.6. The Hall–Kier alpha value is -0.710. The molecule has 0 spiro atoms. The quantitative estimate of drug-likeness (QED) is 0.872. The van der Waals surface area contributed by atoms with Gasteiger partial charge in [0.25, 0.3) is 0 Å². The molecule has 0 amide bonds. The molecule has 1 aromatic carbocycles. The minimum absolute atomic E-state index is 0.392. The molecule has 0 aliphatic heterocycles. The summed E-state index contributed by atoms with van der Waals surface area (Å²) in [5.41, 5.74) is 0.492. The summed E-state index contributed by atoms with van der Waals surface area (Å²) >= 11 is 7.72. The van der Waals surface area contributed by atoms with E-state index in [0.29, 0.717) is 11.7 Å². The van der Waals surface area contributed by atoms with E-state index in [1.165, 1.54) is 5.56 Å². The van der Waals surface area contributed by atoms with Crippen LogP contribution in [0.3, 0.4) is 0 Å². The van der Waals surface area contributed by atoms with Crippen molar-refractivity contribution in [2.45, 2.75) is 42.2 Å². The second-order valence-electron chi connectivity index (χ2n) is 5.29. The topological polar surface area (TPSA) is 49.3 Å². The zero-order valence-corrected chi connectivity index (χ0v) is 13.1. The Morgan fingerprint density at radius 1 is 1.50 bits per heavy atom. The predicted molar refractivity (Wildman–Crippen MR) is 84.4 cm³/mol. The molecule has 0 radical (unpaired) electrons. The number of halogens is 1. The lowest BCUT2D eigenvalue weighted by Crippen LogP contribution is -2.53. The fourth-order valence-electron chi connectivity index (χ4n) is 2.69. The number of carbonyl (C=O) groups is 1. The molecule has 2 N–H and O–H groups in total. The molecule has 1 aliphatic rings. The lowest BCUT2D eigenvalue weighted by atomic mass is 9.81. The number of hydrogen-bond acceptors (Lipinski definition) is 3. The van der Waals surface area contributed by atoms with Gasteiger partial charge in [-0.25, -0.2) is 0 Å². The van der Waals surface area contributed by atoms with Crippen molar-refractivity contribution < 1.29 is 9.90 Å². The first-order chi connectivity index (χ1) is 9.55. The summed E-state index contributed by atoms with van der Waals surface area (Å²) in [5.74, 6) is 0.179. The van der Waals surface area contributed by atoms with Gasteiger partial charge in [0.15, 0.2) is 0 Å². The molecule has 0 bridgehead atoms. The number of carboxylic acids is 1. The van der Waals surface area contributed by atoms with Crippen LogP contribution in [-0.2, 0) is 10.5 Å². The van der Waals surface area contributed by atoms with Crippen molar-refractivity contribution in [3.8, 4) is 0 Å². The summed E-state index contributed by atoms with van der Waals surface area (Å²) in [7, 11) is 1.75. The van der Waals surface area contributed by atoms with E-state index in [-0.39, 0.29) is 0 Å². The van der Waals surface area contributed by atoms with Crippen LogP contribution in [0.2, 0.25) is 5.02 Å². The lowest BCUT2D eigenvalue weighted by Gasteiger charge is -2.37. The van der Waals surface area contributed by atoms with Gasteiger partial charge >= 0.3 is 5.97 Å². The Bertz CT molecular complexity index is 465. The van der Waals surface area contributed by atoms with E-state index in [4.69, 9.17) is 11.6 Å². The normalized spacial score (nSPS) is 26.4. The zero-order valence-electron chi connectivity index (χ0n) is 11.6. The smallest absolute Gasteiger partial charge is 0.323 e. The Morgan fingerprint density at radius 3 is 2.80 bits per heavy atom. The van der Waals surface area contributed by atoms with E-state index in [1.54, 1.807) is 7.05 Å². The first kappa shape index (κ1) is 15.7. The van der Waals surface area contributed by atoms with Crippen molar-refractivity contribution in [3.05, 3.63) is 34.9 Å². The minimum Gasteiger partial charge on any atom is -0.480 e. The van der Waals surface area contributed by atoms with Crippen molar-refractivity contribution in [3.63, 3.8) is 0 Å². The third-order valence-corrected chi connectivity index (χ3v) is 5.62. The highest BCUT2D eigenvalue weighted by Gasteiger charge is 2.41. The maximum atomic E-state index is 11.5. The van der Waals surface area contributed by atoms with Crippen LogP contribution in [0.25, 0.3) is 0 Å². The summed E-state index contributed by atoms with van der Waals surface area (Å²) in [6.45, 7) is 0. The molecule has 110 valence electrons. The molecule has 2 unspecified atom stereocenters. The Balaban J connectivity index is 1.93. The van der Waals surface area contributed by atoms with Crippen LogP contribution in [0.15, 0.2) is 24.3 Å². The van der Waals surface area contributed by atoms with Crippen molar-refractivity contribution in [1.29, 1.82) is 0 Å². The van der Waals surface area contributed by atoms with Crippen molar-refractivity contribution in [2.75, 3.05) is 7.05 Å². The number of aliphatic carboxylic acids is 1. The number of likely N-dealkylation sites (N-methyl/N-ethyl adjacent to an activating group) is 1. The Morgan fingerprint density at radius 2 is 2.20 bits per heavy atom. The highest BCUT2D eigenvalue weighted by atomic mass is 35.5. The van der Waals surface area contributed by atoms with Crippen molar-refractivity contribution in [1.82, 2.24) is 5.32 Å². The number of nitrogens with one attached hydrogen (secondary N) is 1. The summed E-state index contributed by atoms with van der Waals surface area (Å²) < 4.78 is 0. The summed E-state index contributed by atoms with van der Waals surface area (Å²) in [6.07, 6.45) is 3.47. The molecule has 3 nitrogen and oxygen atoms in total. The lowest BCUT2D eigenvalue weighted by molar-refractivity contribution is -0.146. The average molecular weight is 314 g/mol. The minimum atomic E-state index is -0.740. The summed E-state index contributed by atoms with van der Waals surface area (Å²) in [6, 6.07) is 7.85. The molecule has 0 aromatic heterocycles. The molecule has 0 saturated heterocycles. The largest absolute Gasteiger partial charge is 0.480 e. The maximum Gasteiger partial charge on any atom is 0.323 e. The second kappa shape index (κ2) is 6.83. The molecule has 5 heteroatoms. The van der Waals surface area contributed by atoms with Gasteiger partial charge in [0.1, 0.15) is 5.54 Å². The van der Waals surface area contributed by atoms with Gasteiger partial charge in [0.05, 0.1) is 0 Å². The molecular weight excluding hydrogens is 294 g/mol. The van der Waals surface area contributed by atoms with Gasteiger partial charge < -0.3 is 10.4 Å². The van der Waals surface area contributed by atoms with Gasteiger partial charge in [-0.2, -0.15) is 11.8 Å². The SMILES string of the molecule is CNC1(C(=O)O)CCCC(SCc2ccc(Cl)cc2)C1. The van der Waals surface area contributed by atoms with E-state index in [1.807, 2.05) is 36.0 Å². The molecule has 20 heavy (non-hydrogen) atoms. The highest BCUT2D eigenvalue weighted by molar-refractivity contribution is 7.99. The highest BCUT2D eigenvalue weighted by Crippen LogP contribution is 2.36. The fourth-order valence-corrected chi connectivity index (χ4v) is 4.17. The second-order valence-corrected chi connectivity index (χ2v) is 7.02. The van der Waals surface area contributed by atoms with Crippen LogP contribution in [0.5, 0.6) is 0 Å². The molecular formula is C15H20ClNO2S. The van der Waals surface area contributed by atoms with Crippen LogP contribution in [-0.4, -0.2) is 28.9 Å². The van der Waals surface area contributed by atoms with E-state index in [0.717, 1.165) is 30.0 Å². The Kier molecular flexibility index (Phi) is 5.35. The monoisotopic (exact) mass is 313 g/mol. The molecule has 1 aromatic rings.